The normalized spacial score (nSPS) is 11.6. The van der Waals surface area contributed by atoms with Crippen molar-refractivity contribution in [3.05, 3.63) is 188 Å². The Kier molecular flexibility index (Phi) is 7.14. The zero-order valence-electron chi connectivity index (χ0n) is 29.6. The molecule has 11 rings (SSSR count). The van der Waals surface area contributed by atoms with Crippen LogP contribution in [0.3, 0.4) is 0 Å². The van der Waals surface area contributed by atoms with E-state index in [-0.39, 0.29) is 0 Å². The molecule has 4 nitrogen and oxygen atoms in total. The van der Waals surface area contributed by atoms with Gasteiger partial charge in [-0.1, -0.05) is 152 Å². The van der Waals surface area contributed by atoms with E-state index in [0.717, 1.165) is 71.3 Å². The van der Waals surface area contributed by atoms with E-state index in [1.807, 2.05) is 12.1 Å². The highest BCUT2D eigenvalue weighted by molar-refractivity contribution is 6.18. The van der Waals surface area contributed by atoms with Gasteiger partial charge in [0.1, 0.15) is 11.2 Å². The Morgan fingerprint density at radius 3 is 1.47 bits per heavy atom. The first-order valence-electron chi connectivity index (χ1n) is 18.5. The van der Waals surface area contributed by atoms with Gasteiger partial charge in [-0.25, -0.2) is 15.0 Å². The Hall–Kier alpha value is -7.43. The van der Waals surface area contributed by atoms with Gasteiger partial charge < -0.3 is 4.42 Å². The van der Waals surface area contributed by atoms with Crippen LogP contribution in [0.1, 0.15) is 0 Å². The summed E-state index contributed by atoms with van der Waals surface area (Å²) in [5, 5.41) is 9.05. The Labute approximate surface area is 317 Å². The second kappa shape index (κ2) is 12.6. The van der Waals surface area contributed by atoms with Crippen LogP contribution in [0.25, 0.3) is 111 Å². The van der Waals surface area contributed by atoms with Gasteiger partial charge >= 0.3 is 0 Å². The van der Waals surface area contributed by atoms with Crippen molar-refractivity contribution in [1.29, 1.82) is 0 Å². The van der Waals surface area contributed by atoms with E-state index in [0.29, 0.717) is 17.5 Å². The molecule has 0 saturated heterocycles. The van der Waals surface area contributed by atoms with E-state index in [4.69, 9.17) is 19.4 Å². The van der Waals surface area contributed by atoms with Gasteiger partial charge in [0.25, 0.3) is 0 Å². The molecule has 9 aromatic carbocycles. The fourth-order valence-electron chi connectivity index (χ4n) is 7.89. The molecule has 2 aromatic heterocycles. The minimum absolute atomic E-state index is 0.587. The maximum absolute atomic E-state index is 6.80. The molecule has 0 aliphatic carbocycles. The Bertz CT molecular complexity index is 3260. The number of benzene rings is 9. The van der Waals surface area contributed by atoms with Crippen LogP contribution in [0.5, 0.6) is 0 Å². The monoisotopic (exact) mass is 701 g/mol. The zero-order chi connectivity index (χ0) is 36.3. The van der Waals surface area contributed by atoms with Gasteiger partial charge in [0, 0.05) is 33.0 Å². The van der Waals surface area contributed by atoms with Crippen LogP contribution in [-0.2, 0) is 0 Å². The minimum atomic E-state index is 0.587. The summed E-state index contributed by atoms with van der Waals surface area (Å²) in [6.07, 6.45) is 0. The van der Waals surface area contributed by atoms with Crippen molar-refractivity contribution in [2.45, 2.75) is 0 Å². The van der Waals surface area contributed by atoms with Gasteiger partial charge in [0.15, 0.2) is 17.5 Å². The highest BCUT2D eigenvalue weighted by atomic mass is 16.3. The topological polar surface area (TPSA) is 51.8 Å². The first-order chi connectivity index (χ1) is 27.2. The van der Waals surface area contributed by atoms with Gasteiger partial charge in [-0.05, 0) is 85.4 Å². The summed E-state index contributed by atoms with van der Waals surface area (Å²) in [5.41, 5.74) is 8.98. The molecule has 0 amide bonds. The molecular weight excluding hydrogens is 671 g/mol. The predicted octanol–water partition coefficient (Wildman–Crippen LogP) is 13.6. The Morgan fingerprint density at radius 2 is 0.782 bits per heavy atom. The van der Waals surface area contributed by atoms with Crippen LogP contribution in [0.4, 0.5) is 0 Å². The van der Waals surface area contributed by atoms with E-state index in [1.54, 1.807) is 0 Å². The number of aromatic nitrogens is 3. The van der Waals surface area contributed by atoms with Gasteiger partial charge in [0.05, 0.1) is 0 Å². The third kappa shape index (κ3) is 5.43. The highest BCUT2D eigenvalue weighted by Crippen LogP contribution is 2.42. The summed E-state index contributed by atoms with van der Waals surface area (Å²) in [4.78, 5) is 15.4. The fraction of sp³-hybridized carbons (Fsp3) is 0. The summed E-state index contributed by atoms with van der Waals surface area (Å²) in [7, 11) is 0. The number of fused-ring (bicyclic) bond motifs is 6. The van der Waals surface area contributed by atoms with E-state index < -0.39 is 0 Å². The molecule has 55 heavy (non-hydrogen) atoms. The lowest BCUT2D eigenvalue weighted by Crippen LogP contribution is -2.00. The fourth-order valence-corrected chi connectivity index (χ4v) is 7.89. The minimum Gasteiger partial charge on any atom is -0.455 e. The summed E-state index contributed by atoms with van der Waals surface area (Å²) in [6, 6.07) is 65.8. The van der Waals surface area contributed by atoms with Crippen LogP contribution >= 0.6 is 0 Å². The number of nitrogens with zero attached hydrogens (tertiary/aromatic N) is 3. The molecule has 0 aliphatic heterocycles. The molecule has 0 spiro atoms. The smallest absolute Gasteiger partial charge is 0.164 e. The first kappa shape index (κ1) is 31.1. The number of hydrogen-bond donors (Lipinski definition) is 0. The second-order valence-electron chi connectivity index (χ2n) is 14.0. The number of hydrogen-bond acceptors (Lipinski definition) is 4. The molecule has 0 unspecified atom stereocenters. The van der Waals surface area contributed by atoms with E-state index in [2.05, 4.69) is 176 Å². The Morgan fingerprint density at radius 1 is 0.291 bits per heavy atom. The van der Waals surface area contributed by atoms with Crippen molar-refractivity contribution in [2.24, 2.45) is 0 Å². The maximum Gasteiger partial charge on any atom is 0.164 e. The van der Waals surface area contributed by atoms with Crippen molar-refractivity contribution >= 4 is 54.3 Å². The van der Waals surface area contributed by atoms with E-state index in [9.17, 15) is 0 Å². The highest BCUT2D eigenvalue weighted by Gasteiger charge is 2.19. The quantitative estimate of drug-likeness (QED) is 0.179. The van der Waals surface area contributed by atoms with Crippen LogP contribution in [0, 0.1) is 0 Å². The molecule has 256 valence electrons. The molecule has 0 radical (unpaired) electrons. The molecule has 0 fully saturated rings. The van der Waals surface area contributed by atoms with Crippen LogP contribution in [0.15, 0.2) is 192 Å². The Balaban J connectivity index is 1.08. The van der Waals surface area contributed by atoms with Crippen molar-refractivity contribution in [2.75, 3.05) is 0 Å². The second-order valence-corrected chi connectivity index (χ2v) is 14.0. The van der Waals surface area contributed by atoms with Crippen molar-refractivity contribution in [3.63, 3.8) is 0 Å². The van der Waals surface area contributed by atoms with Crippen molar-refractivity contribution < 1.29 is 4.42 Å². The molecule has 4 heteroatoms. The van der Waals surface area contributed by atoms with Gasteiger partial charge in [-0.15, -0.1) is 0 Å². The molecule has 11 aromatic rings. The third-order valence-corrected chi connectivity index (χ3v) is 10.7. The SMILES string of the molecule is c1ccc(-c2ccc3cc(-c4nc(-c5ccc6ccccc6c5)nc(-c5ccc6c(c5)oc5c(-c7ccccc7)c7ccccc7cc56)n4)ccc3c2)cc1. The van der Waals surface area contributed by atoms with Crippen LogP contribution in [-0.4, -0.2) is 15.0 Å². The first-order valence-corrected chi connectivity index (χ1v) is 18.5. The van der Waals surface area contributed by atoms with E-state index in [1.165, 1.54) is 21.9 Å². The molecule has 0 saturated carbocycles. The average molecular weight is 702 g/mol. The molecule has 0 aliphatic rings. The van der Waals surface area contributed by atoms with Crippen LogP contribution in [0.2, 0.25) is 0 Å². The summed E-state index contributed by atoms with van der Waals surface area (Å²) < 4.78 is 6.80. The molecule has 2 heterocycles. The van der Waals surface area contributed by atoms with Gasteiger partial charge in [-0.2, -0.15) is 0 Å². The van der Waals surface area contributed by atoms with Crippen molar-refractivity contribution in [1.82, 2.24) is 15.0 Å². The predicted molar refractivity (Wildman–Crippen MR) is 227 cm³/mol. The van der Waals surface area contributed by atoms with Crippen molar-refractivity contribution in [3.8, 4) is 56.4 Å². The summed E-state index contributed by atoms with van der Waals surface area (Å²) >= 11 is 0. The third-order valence-electron chi connectivity index (χ3n) is 10.7. The lowest BCUT2D eigenvalue weighted by Gasteiger charge is -2.10. The van der Waals surface area contributed by atoms with Gasteiger partial charge in [0.2, 0.25) is 0 Å². The zero-order valence-corrected chi connectivity index (χ0v) is 29.6. The lowest BCUT2D eigenvalue weighted by molar-refractivity contribution is 0.670. The lowest BCUT2D eigenvalue weighted by atomic mass is 9.95. The molecule has 0 atom stereocenters. The van der Waals surface area contributed by atoms with Gasteiger partial charge in [-0.3, -0.25) is 0 Å². The molecular formula is C51H31N3O. The van der Waals surface area contributed by atoms with E-state index >= 15 is 0 Å². The average Bonchev–Trinajstić information content (AvgIpc) is 3.62. The summed E-state index contributed by atoms with van der Waals surface area (Å²) in [5.74, 6) is 1.82. The number of furan rings is 1. The molecule has 0 N–H and O–H groups in total. The number of rotatable bonds is 5. The standard InChI is InChI=1S/C51H31N3O/c1-3-11-32(12-4-1)36-20-21-38-29-41(24-22-37(38)27-36)50-52-49(40-23-19-33-13-7-8-16-35(33)28-40)53-51(54-50)42-25-26-44-45-30-39-17-9-10-18-43(39)47(34-14-5-2-6-15-34)48(45)55-46(44)31-42/h1-31H. The largest absolute Gasteiger partial charge is 0.455 e. The maximum atomic E-state index is 6.80. The summed E-state index contributed by atoms with van der Waals surface area (Å²) in [6.45, 7) is 0. The molecule has 0 bridgehead atoms. The van der Waals surface area contributed by atoms with Crippen LogP contribution < -0.4 is 0 Å².